The van der Waals surface area contributed by atoms with E-state index in [0.717, 1.165) is 5.56 Å². The number of nitrogens with zero attached hydrogens (tertiary/aromatic N) is 3. The fourth-order valence-corrected chi connectivity index (χ4v) is 3.26. The Bertz CT molecular complexity index is 1260. The van der Waals surface area contributed by atoms with E-state index in [-0.39, 0.29) is 47.1 Å². The average molecular weight is 475 g/mol. The smallest absolute Gasteiger partial charge is 0.550 e. The van der Waals surface area contributed by atoms with Gasteiger partial charge in [0, 0.05) is 25.8 Å². The van der Waals surface area contributed by atoms with Crippen LogP contribution in [-0.4, -0.2) is 51.0 Å². The van der Waals surface area contributed by atoms with Crippen molar-refractivity contribution in [1.82, 2.24) is 20.3 Å². The van der Waals surface area contributed by atoms with Gasteiger partial charge in [-0.3, -0.25) is 9.59 Å². The van der Waals surface area contributed by atoms with E-state index in [1.165, 1.54) is 12.3 Å². The number of aromatic nitrogens is 3. The van der Waals surface area contributed by atoms with Crippen molar-refractivity contribution in [3.63, 3.8) is 0 Å². The summed E-state index contributed by atoms with van der Waals surface area (Å²) in [6.45, 7) is 2.15. The molecule has 0 saturated carbocycles. The quantitative estimate of drug-likeness (QED) is 0.273. The van der Waals surface area contributed by atoms with Gasteiger partial charge in [-0.25, -0.2) is 14.8 Å². The molecule has 0 unspecified atom stereocenters. The molecule has 172 valence electrons. The monoisotopic (exact) mass is 475 g/mol. The van der Waals surface area contributed by atoms with Crippen LogP contribution in [0, 0.1) is 6.92 Å². The van der Waals surface area contributed by atoms with E-state index in [9.17, 15) is 24.3 Å². The van der Waals surface area contributed by atoms with E-state index in [1.54, 1.807) is 32.2 Å². The number of rotatable bonds is 9. The molecular weight excluding hydrogens is 453 g/mol. The van der Waals surface area contributed by atoms with Gasteiger partial charge in [-0.2, -0.15) is 0 Å². The molecule has 0 spiro atoms. The Kier molecular flexibility index (Phi) is 9.30. The van der Waals surface area contributed by atoms with Gasteiger partial charge in [0.2, 0.25) is 0 Å². The maximum absolute atomic E-state index is 12.3. The number of aryl methyl sites for hydroxylation is 1. The van der Waals surface area contributed by atoms with Gasteiger partial charge in [0.15, 0.2) is 0 Å². The second kappa shape index (κ2) is 11.7. The Morgan fingerprint density at radius 3 is 2.59 bits per heavy atom. The molecular formula is C22H22N5NaO6. The number of H-pyrrole nitrogens is 1. The van der Waals surface area contributed by atoms with Gasteiger partial charge in [-0.05, 0) is 49.6 Å². The van der Waals surface area contributed by atoms with Crippen molar-refractivity contribution in [3.05, 3.63) is 63.8 Å². The second-order valence-corrected chi connectivity index (χ2v) is 7.54. The first kappa shape index (κ1) is 27.0. The number of carboxylic acid groups (broad SMARTS) is 2. The number of carboxylic acids is 2. The van der Waals surface area contributed by atoms with E-state index in [1.807, 2.05) is 11.0 Å². The number of hydrogen-bond donors (Lipinski definition) is 3. The molecule has 2 heterocycles. The predicted molar refractivity (Wildman–Crippen MR) is 117 cm³/mol. The summed E-state index contributed by atoms with van der Waals surface area (Å²) in [6, 6.07) is 7.14. The minimum atomic E-state index is -1.40. The van der Waals surface area contributed by atoms with Crippen LogP contribution in [0.15, 0.2) is 41.3 Å². The number of aliphatic carboxylic acids is 2. The normalized spacial score (nSPS) is 11.4. The summed E-state index contributed by atoms with van der Waals surface area (Å²) in [4.78, 5) is 59.3. The molecule has 1 aromatic carbocycles. The minimum Gasteiger partial charge on any atom is -0.550 e. The zero-order valence-electron chi connectivity index (χ0n) is 19.0. The standard InChI is InChI=1S/C22H23N5O6.Na/c1-12-24-16-5-3-13(9-15(16)21(31)25-12)11-27(2)18-7-4-14(10-23-18)20(30)26-17(22(32)33)6-8-19(28)29;/h3-5,7,9-10,17H,6,8,11H2,1-2H3,(H,26,30)(H,28,29)(H,32,33)(H,24,25,31);/q;+1/p-1/t17-;/m0./s1. The van der Waals surface area contributed by atoms with Gasteiger partial charge in [0.1, 0.15) is 17.7 Å². The number of amides is 1. The maximum Gasteiger partial charge on any atom is 1.00 e. The number of carbonyl (C=O) groups is 3. The van der Waals surface area contributed by atoms with Crippen LogP contribution >= 0.6 is 0 Å². The van der Waals surface area contributed by atoms with Crippen LogP contribution in [0.25, 0.3) is 10.9 Å². The molecule has 1 atom stereocenters. The summed E-state index contributed by atoms with van der Waals surface area (Å²) in [5, 5.41) is 22.5. The molecule has 2 aromatic heterocycles. The maximum atomic E-state index is 12.3. The van der Waals surface area contributed by atoms with Crippen molar-refractivity contribution < 1.29 is 54.2 Å². The molecule has 0 saturated heterocycles. The number of carbonyl (C=O) groups excluding carboxylic acids is 2. The Morgan fingerprint density at radius 2 is 1.97 bits per heavy atom. The molecule has 0 aliphatic carbocycles. The summed E-state index contributed by atoms with van der Waals surface area (Å²) in [7, 11) is 1.80. The summed E-state index contributed by atoms with van der Waals surface area (Å²) in [5.74, 6) is -2.33. The number of anilines is 1. The third-order valence-electron chi connectivity index (χ3n) is 4.95. The van der Waals surface area contributed by atoms with Crippen LogP contribution in [-0.2, 0) is 16.1 Å². The predicted octanol–water partition coefficient (Wildman–Crippen LogP) is -3.02. The van der Waals surface area contributed by atoms with Crippen molar-refractivity contribution in [1.29, 1.82) is 0 Å². The minimum absolute atomic E-state index is 0. The van der Waals surface area contributed by atoms with Crippen LogP contribution in [0.3, 0.4) is 0 Å². The topological polar surface area (TPSA) is 168 Å². The Balaban J connectivity index is 0.00000408. The van der Waals surface area contributed by atoms with Crippen LogP contribution in [0.2, 0.25) is 0 Å². The van der Waals surface area contributed by atoms with Gasteiger partial charge in [-0.1, -0.05) is 6.07 Å². The van der Waals surface area contributed by atoms with Crippen molar-refractivity contribution in [2.45, 2.75) is 32.4 Å². The first-order chi connectivity index (χ1) is 15.6. The SMILES string of the molecule is Cc1nc2ccc(CN(C)c3ccc(C(=O)N[C@@H](CCC(=O)[O-])C(=O)O)cn3)cc2c(=O)[nH]1.[Na+]. The molecule has 0 radical (unpaired) electrons. The van der Waals surface area contributed by atoms with Crippen molar-refractivity contribution in [2.24, 2.45) is 0 Å². The summed E-state index contributed by atoms with van der Waals surface area (Å²) >= 11 is 0. The number of benzene rings is 1. The fraction of sp³-hybridized carbons (Fsp3) is 0.273. The van der Waals surface area contributed by atoms with Gasteiger partial charge < -0.3 is 30.2 Å². The molecule has 3 N–H and O–H groups in total. The Morgan fingerprint density at radius 1 is 1.24 bits per heavy atom. The number of nitrogens with one attached hydrogen (secondary N) is 2. The Labute approximate surface area is 216 Å². The van der Waals surface area contributed by atoms with E-state index in [4.69, 9.17) is 5.11 Å². The van der Waals surface area contributed by atoms with Crippen LogP contribution in [0.5, 0.6) is 0 Å². The second-order valence-electron chi connectivity index (χ2n) is 7.54. The number of aromatic amines is 1. The zero-order valence-corrected chi connectivity index (χ0v) is 21.0. The number of fused-ring (bicyclic) bond motifs is 1. The number of hydrogen-bond acceptors (Lipinski definition) is 8. The molecule has 0 fully saturated rings. The third-order valence-corrected chi connectivity index (χ3v) is 4.95. The van der Waals surface area contributed by atoms with E-state index in [0.29, 0.717) is 29.1 Å². The molecule has 3 rings (SSSR count). The van der Waals surface area contributed by atoms with Crippen LogP contribution < -0.4 is 50.4 Å². The molecule has 1 amide bonds. The first-order valence-corrected chi connectivity index (χ1v) is 10.0. The van der Waals surface area contributed by atoms with Crippen LogP contribution in [0.4, 0.5) is 5.82 Å². The zero-order chi connectivity index (χ0) is 24.1. The van der Waals surface area contributed by atoms with E-state index >= 15 is 0 Å². The van der Waals surface area contributed by atoms with Crippen molar-refractivity contribution in [3.8, 4) is 0 Å². The molecule has 34 heavy (non-hydrogen) atoms. The van der Waals surface area contributed by atoms with Gasteiger partial charge in [0.25, 0.3) is 11.5 Å². The average Bonchev–Trinajstić information content (AvgIpc) is 2.76. The van der Waals surface area contributed by atoms with Gasteiger partial charge in [-0.15, -0.1) is 0 Å². The van der Waals surface area contributed by atoms with Gasteiger partial charge in [0.05, 0.1) is 16.5 Å². The van der Waals surface area contributed by atoms with Gasteiger partial charge >= 0.3 is 35.5 Å². The van der Waals surface area contributed by atoms with E-state index in [2.05, 4.69) is 20.3 Å². The molecule has 0 aliphatic rings. The van der Waals surface area contributed by atoms with Crippen molar-refractivity contribution >= 4 is 34.6 Å². The number of pyridine rings is 1. The summed E-state index contributed by atoms with van der Waals surface area (Å²) in [5.41, 5.74) is 1.39. The molecule has 3 aromatic rings. The molecule has 0 aliphatic heterocycles. The molecule has 12 heteroatoms. The molecule has 11 nitrogen and oxygen atoms in total. The summed E-state index contributed by atoms with van der Waals surface area (Å²) in [6.07, 6.45) is 0.521. The Hall–Kier alpha value is -3.28. The van der Waals surface area contributed by atoms with Crippen molar-refractivity contribution in [2.75, 3.05) is 11.9 Å². The first-order valence-electron chi connectivity index (χ1n) is 10.0. The van der Waals surface area contributed by atoms with E-state index < -0.39 is 30.3 Å². The largest absolute Gasteiger partial charge is 1.00 e. The third kappa shape index (κ3) is 6.86. The van der Waals surface area contributed by atoms with Crippen LogP contribution in [0.1, 0.15) is 34.6 Å². The molecule has 0 bridgehead atoms. The summed E-state index contributed by atoms with van der Waals surface area (Å²) < 4.78 is 0. The fourth-order valence-electron chi connectivity index (χ4n) is 3.26.